The minimum absolute atomic E-state index is 0.0562. The van der Waals surface area contributed by atoms with E-state index in [2.05, 4.69) is 32.9 Å². The van der Waals surface area contributed by atoms with Crippen LogP contribution in [0.4, 0.5) is 5.95 Å². The molecule has 1 fully saturated rings. The Morgan fingerprint density at radius 3 is 2.94 bits per heavy atom. The molecule has 1 heterocycles. The average molecular weight is 261 g/mol. The Bertz CT molecular complexity index is 424. The van der Waals surface area contributed by atoms with Crippen molar-refractivity contribution < 1.29 is 0 Å². The summed E-state index contributed by atoms with van der Waals surface area (Å²) >= 11 is 10.1. The molecule has 1 aromatic rings. The van der Waals surface area contributed by atoms with E-state index >= 15 is 0 Å². The molecule has 1 aliphatic rings. The van der Waals surface area contributed by atoms with Crippen LogP contribution in [0.1, 0.15) is 25.7 Å². The number of rotatable bonds is 2. The molecule has 1 aliphatic carbocycles. The summed E-state index contributed by atoms with van der Waals surface area (Å²) < 4.78 is 0. The van der Waals surface area contributed by atoms with Crippen LogP contribution < -0.4 is 11.0 Å². The quantitative estimate of drug-likeness (QED) is 0.705. The van der Waals surface area contributed by atoms with Crippen molar-refractivity contribution in [3.63, 3.8) is 0 Å². The SMILES string of the molecule is O=c1nc(NC2CCCC(S)C2)nc(Cl)[nH]1. The van der Waals surface area contributed by atoms with Crippen LogP contribution in [0.3, 0.4) is 0 Å². The molecule has 2 rings (SSSR count). The highest BCUT2D eigenvalue weighted by atomic mass is 35.5. The summed E-state index contributed by atoms with van der Waals surface area (Å²) in [5.41, 5.74) is -0.485. The molecule has 0 aliphatic heterocycles. The molecule has 0 spiro atoms. The Hall–Kier alpha value is -0.750. The van der Waals surface area contributed by atoms with Gasteiger partial charge in [-0.15, -0.1) is 0 Å². The Kier molecular flexibility index (Phi) is 3.70. The third-order valence-electron chi connectivity index (χ3n) is 2.60. The number of nitrogens with one attached hydrogen (secondary N) is 2. The molecule has 2 atom stereocenters. The maximum atomic E-state index is 11.1. The molecule has 5 nitrogen and oxygen atoms in total. The van der Waals surface area contributed by atoms with Gasteiger partial charge in [0.05, 0.1) is 0 Å². The fourth-order valence-electron chi connectivity index (χ4n) is 1.90. The van der Waals surface area contributed by atoms with Gasteiger partial charge in [-0.05, 0) is 30.9 Å². The third kappa shape index (κ3) is 3.12. The number of halogens is 1. The van der Waals surface area contributed by atoms with E-state index in [1.54, 1.807) is 0 Å². The number of hydrogen-bond acceptors (Lipinski definition) is 5. The number of aromatic amines is 1. The van der Waals surface area contributed by atoms with Gasteiger partial charge in [0, 0.05) is 11.3 Å². The fourth-order valence-corrected chi connectivity index (χ4v) is 2.50. The monoisotopic (exact) mass is 260 g/mol. The highest BCUT2D eigenvalue weighted by Crippen LogP contribution is 2.24. The van der Waals surface area contributed by atoms with Crippen LogP contribution >= 0.6 is 24.2 Å². The van der Waals surface area contributed by atoms with Gasteiger partial charge in [0.1, 0.15) is 0 Å². The second-order valence-electron chi connectivity index (χ2n) is 3.93. The first-order valence-electron chi connectivity index (χ1n) is 5.22. The van der Waals surface area contributed by atoms with E-state index in [4.69, 9.17) is 11.6 Å². The van der Waals surface area contributed by atoms with Crippen molar-refractivity contribution >= 4 is 30.2 Å². The zero-order valence-electron chi connectivity index (χ0n) is 8.61. The highest BCUT2D eigenvalue weighted by Gasteiger charge is 2.20. The molecule has 2 unspecified atom stereocenters. The molecule has 7 heteroatoms. The van der Waals surface area contributed by atoms with Crippen molar-refractivity contribution in [1.29, 1.82) is 0 Å². The van der Waals surface area contributed by atoms with Gasteiger partial charge < -0.3 is 5.32 Å². The first-order chi connectivity index (χ1) is 7.63. The Morgan fingerprint density at radius 1 is 1.44 bits per heavy atom. The van der Waals surface area contributed by atoms with Crippen molar-refractivity contribution in [3.05, 3.63) is 15.8 Å². The number of hydrogen-bond donors (Lipinski definition) is 3. The van der Waals surface area contributed by atoms with Gasteiger partial charge >= 0.3 is 5.69 Å². The molecular weight excluding hydrogens is 248 g/mol. The van der Waals surface area contributed by atoms with Gasteiger partial charge in [-0.3, -0.25) is 4.98 Å². The van der Waals surface area contributed by atoms with E-state index in [9.17, 15) is 4.79 Å². The van der Waals surface area contributed by atoms with E-state index in [1.807, 2.05) is 0 Å². The standard InChI is InChI=1S/C9H13ClN4OS/c10-7-12-8(14-9(15)13-7)11-5-2-1-3-6(16)4-5/h5-6,16H,1-4H2,(H2,11,12,13,14,15). The lowest BCUT2D eigenvalue weighted by molar-refractivity contribution is 0.472. The Balaban J connectivity index is 2.05. The third-order valence-corrected chi connectivity index (χ3v) is 3.25. The summed E-state index contributed by atoms with van der Waals surface area (Å²) in [7, 11) is 0. The lowest BCUT2D eigenvalue weighted by Crippen LogP contribution is -2.29. The zero-order chi connectivity index (χ0) is 11.5. The van der Waals surface area contributed by atoms with Crippen LogP contribution in [0.5, 0.6) is 0 Å². The van der Waals surface area contributed by atoms with E-state index in [-0.39, 0.29) is 11.3 Å². The van der Waals surface area contributed by atoms with E-state index < -0.39 is 5.69 Å². The topological polar surface area (TPSA) is 70.7 Å². The first kappa shape index (κ1) is 11.7. The molecule has 1 saturated carbocycles. The van der Waals surface area contributed by atoms with Gasteiger partial charge in [-0.1, -0.05) is 6.42 Å². The maximum Gasteiger partial charge on any atom is 0.350 e. The van der Waals surface area contributed by atoms with Crippen LogP contribution in [-0.2, 0) is 0 Å². The molecule has 88 valence electrons. The van der Waals surface area contributed by atoms with Gasteiger partial charge in [-0.25, -0.2) is 4.79 Å². The zero-order valence-corrected chi connectivity index (χ0v) is 10.3. The van der Waals surface area contributed by atoms with Crippen molar-refractivity contribution in [2.24, 2.45) is 0 Å². The number of nitrogens with zero attached hydrogens (tertiary/aromatic N) is 2. The Morgan fingerprint density at radius 2 is 2.25 bits per heavy atom. The van der Waals surface area contributed by atoms with Crippen molar-refractivity contribution in [1.82, 2.24) is 15.0 Å². The lowest BCUT2D eigenvalue weighted by Gasteiger charge is -2.26. The maximum absolute atomic E-state index is 11.1. The van der Waals surface area contributed by atoms with Crippen LogP contribution in [0.15, 0.2) is 4.79 Å². The molecule has 1 aromatic heterocycles. The average Bonchev–Trinajstić information content (AvgIpc) is 2.15. The van der Waals surface area contributed by atoms with Gasteiger partial charge in [0.25, 0.3) is 0 Å². The smallest absolute Gasteiger partial charge is 0.350 e. The van der Waals surface area contributed by atoms with Crippen LogP contribution in [0.25, 0.3) is 0 Å². The summed E-state index contributed by atoms with van der Waals surface area (Å²) in [5, 5.41) is 3.58. The summed E-state index contributed by atoms with van der Waals surface area (Å²) in [6.45, 7) is 0. The second kappa shape index (κ2) is 5.05. The minimum Gasteiger partial charge on any atom is -0.351 e. The summed E-state index contributed by atoms with van der Waals surface area (Å²) in [6, 6.07) is 0.272. The molecule has 0 radical (unpaired) electrons. The number of aromatic nitrogens is 3. The van der Waals surface area contributed by atoms with Gasteiger partial charge in [0.2, 0.25) is 11.2 Å². The van der Waals surface area contributed by atoms with Crippen LogP contribution in [0.2, 0.25) is 5.28 Å². The van der Waals surface area contributed by atoms with E-state index in [1.165, 1.54) is 0 Å². The van der Waals surface area contributed by atoms with Gasteiger partial charge in [0.15, 0.2) is 0 Å². The predicted octanol–water partition coefficient (Wildman–Crippen LogP) is 1.47. The van der Waals surface area contributed by atoms with Crippen molar-refractivity contribution in [2.75, 3.05) is 5.32 Å². The molecule has 0 saturated heterocycles. The first-order valence-corrected chi connectivity index (χ1v) is 6.11. The molecule has 2 N–H and O–H groups in total. The summed E-state index contributed by atoms with van der Waals surface area (Å²) in [4.78, 5) is 21.0. The normalized spacial score (nSPS) is 25.4. The van der Waals surface area contributed by atoms with Crippen molar-refractivity contribution in [3.8, 4) is 0 Å². The number of H-pyrrole nitrogens is 1. The predicted molar refractivity (Wildman–Crippen MR) is 66.3 cm³/mol. The molecule has 16 heavy (non-hydrogen) atoms. The Labute approximate surface area is 103 Å². The number of anilines is 1. The molecule has 0 bridgehead atoms. The summed E-state index contributed by atoms with van der Waals surface area (Å²) in [5.74, 6) is 0.293. The summed E-state index contributed by atoms with van der Waals surface area (Å²) in [6.07, 6.45) is 4.27. The van der Waals surface area contributed by atoms with Crippen LogP contribution in [-0.4, -0.2) is 26.2 Å². The number of thiol groups is 1. The molecule has 0 amide bonds. The van der Waals surface area contributed by atoms with E-state index in [0.717, 1.165) is 25.7 Å². The molecular formula is C9H13ClN4OS. The van der Waals surface area contributed by atoms with Gasteiger partial charge in [-0.2, -0.15) is 22.6 Å². The van der Waals surface area contributed by atoms with Crippen LogP contribution in [0, 0.1) is 0 Å². The highest BCUT2D eigenvalue weighted by molar-refractivity contribution is 7.80. The minimum atomic E-state index is -0.485. The molecule has 0 aromatic carbocycles. The fraction of sp³-hybridized carbons (Fsp3) is 0.667. The largest absolute Gasteiger partial charge is 0.351 e. The van der Waals surface area contributed by atoms with Crippen molar-refractivity contribution in [2.45, 2.75) is 37.0 Å². The van der Waals surface area contributed by atoms with E-state index in [0.29, 0.717) is 11.2 Å². The second-order valence-corrected chi connectivity index (χ2v) is 5.02. The lowest BCUT2D eigenvalue weighted by atomic mass is 9.95.